The summed E-state index contributed by atoms with van der Waals surface area (Å²) in [4.78, 5) is 1.51. The van der Waals surface area contributed by atoms with E-state index in [9.17, 15) is 0 Å². The third kappa shape index (κ3) is 1.85. The molecule has 100 valence electrons. The highest BCUT2D eigenvalue weighted by atomic mass is 32.1. The Kier molecular flexibility index (Phi) is 3.06. The van der Waals surface area contributed by atoms with Crippen LogP contribution in [0.25, 0.3) is 0 Å². The third-order valence-corrected chi connectivity index (χ3v) is 6.87. The van der Waals surface area contributed by atoms with Crippen molar-refractivity contribution in [1.82, 2.24) is 5.32 Å². The minimum Gasteiger partial charge on any atom is -0.309 e. The molecule has 4 atom stereocenters. The van der Waals surface area contributed by atoms with Crippen molar-refractivity contribution < 1.29 is 0 Å². The summed E-state index contributed by atoms with van der Waals surface area (Å²) >= 11 is 1.89. The molecule has 0 unspecified atom stereocenters. The Labute approximate surface area is 115 Å². The summed E-state index contributed by atoms with van der Waals surface area (Å²) in [6.07, 6.45) is 2.86. The van der Waals surface area contributed by atoms with Gasteiger partial charge in [-0.15, -0.1) is 11.3 Å². The van der Waals surface area contributed by atoms with Crippen LogP contribution >= 0.6 is 11.3 Å². The fraction of sp³-hybridized carbons (Fsp3) is 0.750. The number of hydrogen-bond acceptors (Lipinski definition) is 2. The summed E-state index contributed by atoms with van der Waals surface area (Å²) in [6.45, 7) is 10.7. The molecule has 0 aromatic carbocycles. The Morgan fingerprint density at radius 2 is 2.17 bits per heavy atom. The largest absolute Gasteiger partial charge is 0.309 e. The molecule has 3 saturated carbocycles. The van der Waals surface area contributed by atoms with Crippen molar-refractivity contribution in [2.45, 2.75) is 53.1 Å². The van der Waals surface area contributed by atoms with Crippen molar-refractivity contribution in [2.75, 3.05) is 0 Å². The van der Waals surface area contributed by atoms with Crippen LogP contribution in [-0.2, 0) is 6.54 Å². The summed E-state index contributed by atoms with van der Waals surface area (Å²) in [5.74, 6) is 2.74. The molecule has 3 aliphatic carbocycles. The van der Waals surface area contributed by atoms with E-state index in [1.165, 1.54) is 23.3 Å². The first-order valence-corrected chi connectivity index (χ1v) is 8.14. The monoisotopic (exact) mass is 263 g/mol. The van der Waals surface area contributed by atoms with Crippen molar-refractivity contribution in [3.8, 4) is 0 Å². The van der Waals surface area contributed by atoms with Crippen LogP contribution in [0, 0.1) is 30.1 Å². The second kappa shape index (κ2) is 4.35. The second-order valence-electron chi connectivity index (χ2n) is 6.97. The normalized spacial score (nSPS) is 37.3. The fourth-order valence-electron chi connectivity index (χ4n) is 4.23. The van der Waals surface area contributed by atoms with E-state index in [1.54, 1.807) is 0 Å². The lowest BCUT2D eigenvalue weighted by atomic mass is 9.45. The molecule has 0 saturated heterocycles. The summed E-state index contributed by atoms with van der Waals surface area (Å²) < 4.78 is 0. The fourth-order valence-corrected chi connectivity index (χ4v) is 5.09. The van der Waals surface area contributed by atoms with Gasteiger partial charge in [0.2, 0.25) is 0 Å². The van der Waals surface area contributed by atoms with Gasteiger partial charge in [0.1, 0.15) is 0 Å². The summed E-state index contributed by atoms with van der Waals surface area (Å²) in [7, 11) is 0. The van der Waals surface area contributed by atoms with Crippen molar-refractivity contribution in [2.24, 2.45) is 23.2 Å². The average Bonchev–Trinajstić information content (AvgIpc) is 2.73. The number of rotatable bonds is 3. The van der Waals surface area contributed by atoms with E-state index < -0.39 is 0 Å². The van der Waals surface area contributed by atoms with Gasteiger partial charge in [0.05, 0.1) is 0 Å². The number of aryl methyl sites for hydroxylation is 1. The molecule has 1 aromatic heterocycles. The molecular weight excluding hydrogens is 238 g/mol. The zero-order valence-corrected chi connectivity index (χ0v) is 12.8. The summed E-state index contributed by atoms with van der Waals surface area (Å²) in [5.41, 5.74) is 2.05. The zero-order valence-electron chi connectivity index (χ0n) is 12.0. The van der Waals surface area contributed by atoms with Gasteiger partial charge in [-0.3, -0.25) is 0 Å². The second-order valence-corrected chi connectivity index (χ2v) is 7.97. The highest BCUT2D eigenvalue weighted by Gasteiger charge is 2.55. The van der Waals surface area contributed by atoms with Gasteiger partial charge >= 0.3 is 0 Å². The minimum atomic E-state index is 0.608. The molecule has 1 N–H and O–H groups in total. The molecule has 0 aliphatic heterocycles. The predicted molar refractivity (Wildman–Crippen MR) is 78.8 cm³/mol. The van der Waals surface area contributed by atoms with Crippen LogP contribution in [0.3, 0.4) is 0 Å². The van der Waals surface area contributed by atoms with E-state index in [0.717, 1.165) is 30.3 Å². The van der Waals surface area contributed by atoms with Crippen molar-refractivity contribution in [3.05, 3.63) is 21.9 Å². The maximum atomic E-state index is 3.82. The molecule has 1 nitrogen and oxygen atoms in total. The molecule has 1 aromatic rings. The zero-order chi connectivity index (χ0) is 12.9. The van der Waals surface area contributed by atoms with Gasteiger partial charge in [0, 0.05) is 17.5 Å². The molecule has 1 heterocycles. The number of thiophene rings is 1. The quantitative estimate of drug-likeness (QED) is 0.861. The van der Waals surface area contributed by atoms with Crippen molar-refractivity contribution >= 4 is 11.3 Å². The highest BCUT2D eigenvalue weighted by Crippen LogP contribution is 2.61. The first-order valence-electron chi connectivity index (χ1n) is 7.26. The van der Waals surface area contributed by atoms with Crippen LogP contribution in [0.1, 0.15) is 44.1 Å². The van der Waals surface area contributed by atoms with Crippen LogP contribution in [-0.4, -0.2) is 6.04 Å². The predicted octanol–water partition coefficient (Wildman–Crippen LogP) is 4.22. The van der Waals surface area contributed by atoms with E-state index in [1.807, 2.05) is 11.3 Å². The molecule has 0 spiro atoms. The lowest BCUT2D eigenvalue weighted by Gasteiger charge is -2.62. The van der Waals surface area contributed by atoms with Crippen LogP contribution in [0.5, 0.6) is 0 Å². The lowest BCUT2D eigenvalue weighted by Crippen LogP contribution is -2.59. The number of nitrogens with one attached hydrogen (secondary N) is 1. The maximum Gasteiger partial charge on any atom is 0.0305 e. The van der Waals surface area contributed by atoms with E-state index in [4.69, 9.17) is 0 Å². The lowest BCUT2D eigenvalue weighted by molar-refractivity contribution is -0.115. The number of hydrogen-bond donors (Lipinski definition) is 1. The van der Waals surface area contributed by atoms with Gasteiger partial charge in [0.15, 0.2) is 0 Å². The van der Waals surface area contributed by atoms with Gasteiger partial charge in [-0.25, -0.2) is 0 Å². The van der Waals surface area contributed by atoms with Gasteiger partial charge in [-0.05, 0) is 59.9 Å². The van der Waals surface area contributed by atoms with E-state index in [0.29, 0.717) is 5.41 Å². The Bertz CT molecular complexity index is 434. The van der Waals surface area contributed by atoms with Crippen molar-refractivity contribution in [1.29, 1.82) is 0 Å². The third-order valence-electron chi connectivity index (χ3n) is 5.85. The first kappa shape index (κ1) is 12.7. The molecule has 3 aliphatic rings. The molecular formula is C16H25NS. The Morgan fingerprint density at radius 3 is 2.72 bits per heavy atom. The van der Waals surface area contributed by atoms with Crippen LogP contribution in [0.2, 0.25) is 0 Å². The highest BCUT2D eigenvalue weighted by molar-refractivity contribution is 7.10. The summed E-state index contributed by atoms with van der Waals surface area (Å²) in [6, 6.07) is 2.97. The maximum absolute atomic E-state index is 3.82. The Balaban J connectivity index is 1.61. The molecule has 0 amide bonds. The van der Waals surface area contributed by atoms with Gasteiger partial charge < -0.3 is 5.32 Å². The van der Waals surface area contributed by atoms with Crippen LogP contribution in [0.15, 0.2) is 11.4 Å². The van der Waals surface area contributed by atoms with Crippen LogP contribution < -0.4 is 5.32 Å². The molecule has 2 bridgehead atoms. The van der Waals surface area contributed by atoms with Gasteiger partial charge in [0.25, 0.3) is 0 Å². The minimum absolute atomic E-state index is 0.608. The smallest absolute Gasteiger partial charge is 0.0305 e. The van der Waals surface area contributed by atoms with E-state index in [2.05, 4.69) is 44.5 Å². The van der Waals surface area contributed by atoms with E-state index in [-0.39, 0.29) is 0 Å². The molecule has 18 heavy (non-hydrogen) atoms. The average molecular weight is 263 g/mol. The molecule has 0 radical (unpaired) electrons. The first-order chi connectivity index (χ1) is 8.50. The molecule has 3 fully saturated rings. The topological polar surface area (TPSA) is 12.0 Å². The molecule has 4 rings (SSSR count). The van der Waals surface area contributed by atoms with Gasteiger partial charge in [-0.1, -0.05) is 20.8 Å². The van der Waals surface area contributed by atoms with Gasteiger partial charge in [-0.2, -0.15) is 0 Å². The van der Waals surface area contributed by atoms with E-state index >= 15 is 0 Å². The SMILES string of the molecule is Cc1ccsc1CN[C@@H]1C[C@H]2C[C@@H]([C@H]1C)C2(C)C. The number of fused-ring (bicyclic) bond motifs is 2. The Hall–Kier alpha value is -0.340. The standard InChI is InChI=1S/C16H25NS/c1-10-5-6-18-15(10)9-17-14-8-12-7-13(11(14)2)16(12,3)4/h5-6,11-14,17H,7-9H2,1-4H3/t11-,12-,13+,14-/m1/s1. The molecule has 2 heteroatoms. The summed E-state index contributed by atoms with van der Waals surface area (Å²) in [5, 5.41) is 6.03. The van der Waals surface area contributed by atoms with Crippen molar-refractivity contribution in [3.63, 3.8) is 0 Å². The van der Waals surface area contributed by atoms with Crippen LogP contribution in [0.4, 0.5) is 0 Å². The Morgan fingerprint density at radius 1 is 1.39 bits per heavy atom.